The minimum Gasteiger partial charge on any atom is -0.335 e. The highest BCUT2D eigenvalue weighted by Crippen LogP contribution is 2.31. The summed E-state index contributed by atoms with van der Waals surface area (Å²) in [6.07, 6.45) is 8.84. The number of nitrogens with zero attached hydrogens (tertiary/aromatic N) is 3. The summed E-state index contributed by atoms with van der Waals surface area (Å²) < 4.78 is 0. The van der Waals surface area contributed by atoms with E-state index in [0.717, 1.165) is 36.0 Å². The van der Waals surface area contributed by atoms with E-state index in [9.17, 15) is 9.59 Å². The van der Waals surface area contributed by atoms with E-state index in [-0.39, 0.29) is 17.7 Å². The lowest BCUT2D eigenvalue weighted by Gasteiger charge is -2.43. The van der Waals surface area contributed by atoms with Gasteiger partial charge in [0.1, 0.15) is 6.04 Å². The van der Waals surface area contributed by atoms with Crippen molar-refractivity contribution in [3.8, 4) is 11.1 Å². The summed E-state index contributed by atoms with van der Waals surface area (Å²) in [5, 5.41) is 0. The Hall–Kier alpha value is -2.95. The van der Waals surface area contributed by atoms with Crippen LogP contribution >= 0.6 is 0 Å². The highest BCUT2D eigenvalue weighted by Gasteiger charge is 2.40. The second kappa shape index (κ2) is 8.60. The van der Waals surface area contributed by atoms with E-state index in [1.807, 2.05) is 34.1 Å². The van der Waals surface area contributed by atoms with Crippen molar-refractivity contribution >= 4 is 11.8 Å². The molecule has 1 aliphatic heterocycles. The second-order valence-electron chi connectivity index (χ2n) is 7.89. The number of carbonyl (C=O) groups is 2. The van der Waals surface area contributed by atoms with Crippen LogP contribution in [0.2, 0.25) is 0 Å². The van der Waals surface area contributed by atoms with Gasteiger partial charge in [0.05, 0.1) is 0 Å². The molecule has 1 aromatic carbocycles. The predicted octanol–water partition coefficient (Wildman–Crippen LogP) is 3.32. The molecule has 2 amide bonds. The van der Waals surface area contributed by atoms with Gasteiger partial charge >= 0.3 is 0 Å². The molecule has 0 radical (unpaired) electrons. The summed E-state index contributed by atoms with van der Waals surface area (Å²) in [4.78, 5) is 33.9. The minimum absolute atomic E-state index is 0.0261. The molecule has 0 bridgehead atoms. The Labute approximate surface area is 172 Å². The lowest BCUT2D eigenvalue weighted by molar-refractivity contribution is -0.154. The van der Waals surface area contributed by atoms with E-state index in [1.165, 1.54) is 0 Å². The quantitative estimate of drug-likeness (QED) is 0.712. The summed E-state index contributed by atoms with van der Waals surface area (Å²) in [5.41, 5.74) is 3.24. The molecule has 0 N–H and O–H groups in total. The van der Waals surface area contributed by atoms with Gasteiger partial charge in [-0.15, -0.1) is 6.58 Å². The van der Waals surface area contributed by atoms with Gasteiger partial charge in [0, 0.05) is 44.4 Å². The summed E-state index contributed by atoms with van der Waals surface area (Å²) in [6.45, 7) is 5.48. The van der Waals surface area contributed by atoms with Crippen molar-refractivity contribution in [1.82, 2.24) is 14.8 Å². The molecule has 5 heteroatoms. The van der Waals surface area contributed by atoms with Gasteiger partial charge < -0.3 is 9.80 Å². The van der Waals surface area contributed by atoms with Crippen molar-refractivity contribution in [3.05, 3.63) is 67.0 Å². The average Bonchev–Trinajstić information content (AvgIpc) is 2.71. The molecule has 4 rings (SSSR count). The molecule has 0 unspecified atom stereocenters. The molecule has 2 fully saturated rings. The van der Waals surface area contributed by atoms with Crippen LogP contribution in [-0.2, 0) is 16.0 Å². The van der Waals surface area contributed by atoms with Gasteiger partial charge in [-0.2, -0.15) is 0 Å². The van der Waals surface area contributed by atoms with Crippen LogP contribution in [0.1, 0.15) is 24.8 Å². The van der Waals surface area contributed by atoms with Gasteiger partial charge in [-0.05, 0) is 41.7 Å². The molecule has 1 atom stereocenters. The molecule has 29 heavy (non-hydrogen) atoms. The first-order valence-corrected chi connectivity index (χ1v) is 10.4. The third-order valence-corrected chi connectivity index (χ3v) is 6.04. The molecule has 2 heterocycles. The SMILES string of the molecule is C=CCN1CCN(C(=O)C2CCC2)[C@H](Cc2cccc(-c3ccncc3)c2)C1=O. The van der Waals surface area contributed by atoms with Crippen LogP contribution in [0.5, 0.6) is 0 Å². The number of amides is 2. The fourth-order valence-corrected chi connectivity index (χ4v) is 4.17. The summed E-state index contributed by atoms with van der Waals surface area (Å²) in [7, 11) is 0. The van der Waals surface area contributed by atoms with Crippen LogP contribution in [0, 0.1) is 5.92 Å². The topological polar surface area (TPSA) is 53.5 Å². The standard InChI is InChI=1S/C24H27N3O2/c1-2-13-26-14-15-27(23(28)20-6-4-7-20)22(24(26)29)17-18-5-3-8-21(16-18)19-9-11-25-12-10-19/h2-3,5,8-12,16,20,22H,1,4,6-7,13-15,17H2/t22-/m1/s1. The molecule has 1 saturated carbocycles. The highest BCUT2D eigenvalue weighted by molar-refractivity contribution is 5.90. The van der Waals surface area contributed by atoms with Crippen molar-refractivity contribution in [3.63, 3.8) is 0 Å². The fourth-order valence-electron chi connectivity index (χ4n) is 4.17. The van der Waals surface area contributed by atoms with Crippen LogP contribution in [0.25, 0.3) is 11.1 Å². The minimum atomic E-state index is -0.440. The largest absolute Gasteiger partial charge is 0.335 e. The number of hydrogen-bond acceptors (Lipinski definition) is 3. The Morgan fingerprint density at radius 2 is 1.93 bits per heavy atom. The third-order valence-electron chi connectivity index (χ3n) is 6.04. The molecule has 150 valence electrons. The van der Waals surface area contributed by atoms with E-state index in [0.29, 0.717) is 26.1 Å². The van der Waals surface area contributed by atoms with Crippen LogP contribution in [0.3, 0.4) is 0 Å². The maximum Gasteiger partial charge on any atom is 0.246 e. The number of aromatic nitrogens is 1. The molecule has 0 spiro atoms. The van der Waals surface area contributed by atoms with Gasteiger partial charge in [0.2, 0.25) is 11.8 Å². The lowest BCUT2D eigenvalue weighted by Crippen LogP contribution is -2.60. The Balaban J connectivity index is 1.59. The van der Waals surface area contributed by atoms with E-state index in [1.54, 1.807) is 18.5 Å². The van der Waals surface area contributed by atoms with Crippen LogP contribution < -0.4 is 0 Å². The van der Waals surface area contributed by atoms with Gasteiger partial charge in [-0.1, -0.05) is 36.8 Å². The molecule has 2 aliphatic rings. The second-order valence-corrected chi connectivity index (χ2v) is 7.89. The van der Waals surface area contributed by atoms with Gasteiger partial charge in [0.25, 0.3) is 0 Å². The Bertz CT molecular complexity index is 892. The Morgan fingerprint density at radius 3 is 2.62 bits per heavy atom. The number of carbonyl (C=O) groups excluding carboxylic acids is 2. The molecule has 1 saturated heterocycles. The number of piperazine rings is 1. The predicted molar refractivity (Wildman–Crippen MR) is 113 cm³/mol. The maximum atomic E-state index is 13.2. The van der Waals surface area contributed by atoms with Crippen molar-refractivity contribution in [1.29, 1.82) is 0 Å². The van der Waals surface area contributed by atoms with Gasteiger partial charge in [-0.3, -0.25) is 14.6 Å². The maximum absolute atomic E-state index is 13.2. The number of rotatable bonds is 6. The van der Waals surface area contributed by atoms with Crippen LogP contribution in [0.4, 0.5) is 0 Å². The summed E-state index contributed by atoms with van der Waals surface area (Å²) >= 11 is 0. The molecular weight excluding hydrogens is 362 g/mol. The van der Waals surface area contributed by atoms with Crippen LogP contribution in [0.15, 0.2) is 61.4 Å². The normalized spacial score (nSPS) is 19.7. The summed E-state index contributed by atoms with van der Waals surface area (Å²) in [5.74, 6) is 0.274. The average molecular weight is 389 g/mol. The first-order valence-electron chi connectivity index (χ1n) is 10.4. The molecule has 2 aromatic rings. The monoisotopic (exact) mass is 389 g/mol. The number of benzene rings is 1. The zero-order chi connectivity index (χ0) is 20.2. The zero-order valence-corrected chi connectivity index (χ0v) is 16.7. The van der Waals surface area contributed by atoms with E-state index < -0.39 is 6.04 Å². The van der Waals surface area contributed by atoms with E-state index >= 15 is 0 Å². The van der Waals surface area contributed by atoms with Crippen LogP contribution in [-0.4, -0.2) is 52.3 Å². The van der Waals surface area contributed by atoms with E-state index in [4.69, 9.17) is 0 Å². The Kier molecular flexibility index (Phi) is 5.74. The van der Waals surface area contributed by atoms with Crippen molar-refractivity contribution < 1.29 is 9.59 Å². The highest BCUT2D eigenvalue weighted by atomic mass is 16.2. The van der Waals surface area contributed by atoms with Gasteiger partial charge in [0.15, 0.2) is 0 Å². The van der Waals surface area contributed by atoms with Crippen molar-refractivity contribution in [2.45, 2.75) is 31.7 Å². The molecule has 5 nitrogen and oxygen atoms in total. The smallest absolute Gasteiger partial charge is 0.246 e. The third kappa shape index (κ3) is 4.09. The van der Waals surface area contributed by atoms with Crippen molar-refractivity contribution in [2.24, 2.45) is 5.92 Å². The number of hydrogen-bond donors (Lipinski definition) is 0. The van der Waals surface area contributed by atoms with E-state index in [2.05, 4.69) is 23.7 Å². The molecule has 1 aromatic heterocycles. The zero-order valence-electron chi connectivity index (χ0n) is 16.7. The molecular formula is C24H27N3O2. The van der Waals surface area contributed by atoms with Crippen molar-refractivity contribution in [2.75, 3.05) is 19.6 Å². The first kappa shape index (κ1) is 19.4. The molecule has 1 aliphatic carbocycles. The Morgan fingerprint density at radius 1 is 1.14 bits per heavy atom. The number of pyridine rings is 1. The lowest BCUT2D eigenvalue weighted by atomic mass is 9.83. The summed E-state index contributed by atoms with van der Waals surface area (Å²) in [6, 6.07) is 11.7. The first-order chi connectivity index (χ1) is 14.2. The van der Waals surface area contributed by atoms with Gasteiger partial charge in [-0.25, -0.2) is 0 Å². The fraction of sp³-hybridized carbons (Fsp3) is 0.375.